The molecule has 3 nitrogen and oxygen atoms in total. The molecular weight excluding hydrogens is 210 g/mol. The van der Waals surface area contributed by atoms with Crippen LogP contribution in [-0.2, 0) is 0 Å². The van der Waals surface area contributed by atoms with E-state index in [9.17, 15) is 0 Å². The number of imidazole rings is 1. The van der Waals surface area contributed by atoms with E-state index >= 15 is 0 Å². The third-order valence-electron chi connectivity index (χ3n) is 3.03. The maximum atomic E-state index is 4.57. The van der Waals surface area contributed by atoms with Gasteiger partial charge in [-0.3, -0.25) is 4.40 Å². The third-order valence-corrected chi connectivity index (χ3v) is 3.03. The molecular formula is C14H9N3. The SMILES string of the molecule is c1ccc2c(c1)ccc1nc3cccnc3n12. The predicted octanol–water partition coefficient (Wildman–Crippen LogP) is 3.04. The normalized spacial score (nSPS) is 11.5. The molecule has 4 rings (SSSR count). The molecule has 3 heteroatoms. The monoisotopic (exact) mass is 219 g/mol. The first-order valence-corrected chi connectivity index (χ1v) is 5.54. The highest BCUT2D eigenvalue weighted by Crippen LogP contribution is 2.21. The van der Waals surface area contributed by atoms with Gasteiger partial charge in [-0.1, -0.05) is 18.2 Å². The van der Waals surface area contributed by atoms with Crippen molar-refractivity contribution in [2.75, 3.05) is 0 Å². The van der Waals surface area contributed by atoms with Gasteiger partial charge in [-0.15, -0.1) is 0 Å². The van der Waals surface area contributed by atoms with Crippen molar-refractivity contribution in [2.45, 2.75) is 0 Å². The molecule has 0 atom stereocenters. The molecule has 0 amide bonds. The lowest BCUT2D eigenvalue weighted by Gasteiger charge is -2.01. The van der Waals surface area contributed by atoms with Crippen molar-refractivity contribution >= 4 is 27.7 Å². The number of hydrogen-bond acceptors (Lipinski definition) is 2. The lowest BCUT2D eigenvalue weighted by molar-refractivity contribution is 1.24. The summed E-state index contributed by atoms with van der Waals surface area (Å²) in [4.78, 5) is 8.99. The van der Waals surface area contributed by atoms with Crippen LogP contribution in [0.4, 0.5) is 0 Å². The Morgan fingerprint density at radius 2 is 1.82 bits per heavy atom. The molecule has 0 saturated carbocycles. The highest BCUT2D eigenvalue weighted by Gasteiger charge is 2.07. The smallest absolute Gasteiger partial charge is 0.164 e. The van der Waals surface area contributed by atoms with Crippen molar-refractivity contribution in [1.29, 1.82) is 0 Å². The molecule has 0 aliphatic rings. The van der Waals surface area contributed by atoms with Gasteiger partial charge < -0.3 is 0 Å². The van der Waals surface area contributed by atoms with Crippen molar-refractivity contribution in [3.8, 4) is 0 Å². The van der Waals surface area contributed by atoms with Gasteiger partial charge in [0.1, 0.15) is 11.2 Å². The first-order chi connectivity index (χ1) is 8.43. The Bertz CT molecular complexity index is 840. The van der Waals surface area contributed by atoms with Crippen molar-refractivity contribution in [2.24, 2.45) is 0 Å². The fourth-order valence-electron chi connectivity index (χ4n) is 2.28. The number of fused-ring (bicyclic) bond motifs is 5. The van der Waals surface area contributed by atoms with Gasteiger partial charge >= 0.3 is 0 Å². The molecule has 17 heavy (non-hydrogen) atoms. The number of pyridine rings is 2. The third kappa shape index (κ3) is 1.11. The van der Waals surface area contributed by atoms with E-state index < -0.39 is 0 Å². The van der Waals surface area contributed by atoms with Crippen molar-refractivity contribution in [1.82, 2.24) is 14.4 Å². The van der Waals surface area contributed by atoms with Crippen molar-refractivity contribution in [3.05, 3.63) is 54.7 Å². The quantitative estimate of drug-likeness (QED) is 0.455. The number of benzene rings is 1. The van der Waals surface area contributed by atoms with Gasteiger partial charge in [-0.05, 0) is 35.7 Å². The van der Waals surface area contributed by atoms with E-state index in [2.05, 4.69) is 32.6 Å². The van der Waals surface area contributed by atoms with Crippen LogP contribution < -0.4 is 0 Å². The second kappa shape index (κ2) is 3.04. The Morgan fingerprint density at radius 3 is 2.82 bits per heavy atom. The van der Waals surface area contributed by atoms with E-state index in [4.69, 9.17) is 0 Å². The van der Waals surface area contributed by atoms with Crippen LogP contribution in [0.5, 0.6) is 0 Å². The zero-order valence-electron chi connectivity index (χ0n) is 9.04. The first-order valence-electron chi connectivity index (χ1n) is 5.54. The largest absolute Gasteiger partial charge is 0.277 e. The molecule has 0 aliphatic heterocycles. The van der Waals surface area contributed by atoms with Crippen LogP contribution in [0.3, 0.4) is 0 Å². The van der Waals surface area contributed by atoms with Crippen LogP contribution in [0.1, 0.15) is 0 Å². The second-order valence-electron chi connectivity index (χ2n) is 4.04. The topological polar surface area (TPSA) is 30.2 Å². The van der Waals surface area contributed by atoms with Gasteiger partial charge in [0.05, 0.1) is 5.52 Å². The minimum absolute atomic E-state index is 0.916. The highest BCUT2D eigenvalue weighted by atomic mass is 15.1. The van der Waals surface area contributed by atoms with Gasteiger partial charge in [-0.25, -0.2) is 9.97 Å². The Morgan fingerprint density at radius 1 is 0.882 bits per heavy atom. The van der Waals surface area contributed by atoms with E-state index in [0.29, 0.717) is 0 Å². The number of para-hydroxylation sites is 1. The van der Waals surface area contributed by atoms with Gasteiger partial charge in [0, 0.05) is 6.20 Å². The Kier molecular flexibility index (Phi) is 1.56. The summed E-state index contributed by atoms with van der Waals surface area (Å²) in [6, 6.07) is 16.3. The zero-order valence-corrected chi connectivity index (χ0v) is 9.04. The molecule has 0 bridgehead atoms. The van der Waals surface area contributed by atoms with Gasteiger partial charge in [0.2, 0.25) is 0 Å². The summed E-state index contributed by atoms with van der Waals surface area (Å²) in [5.41, 5.74) is 3.94. The van der Waals surface area contributed by atoms with Crippen LogP contribution in [-0.4, -0.2) is 14.4 Å². The number of aromatic nitrogens is 3. The lowest BCUT2D eigenvalue weighted by atomic mass is 10.2. The van der Waals surface area contributed by atoms with E-state index in [-0.39, 0.29) is 0 Å². The van der Waals surface area contributed by atoms with Crippen LogP contribution in [0.15, 0.2) is 54.7 Å². The summed E-state index contributed by atoms with van der Waals surface area (Å²) in [6.07, 6.45) is 1.80. The van der Waals surface area contributed by atoms with Crippen molar-refractivity contribution in [3.63, 3.8) is 0 Å². The minimum Gasteiger partial charge on any atom is -0.277 e. The van der Waals surface area contributed by atoms with Crippen LogP contribution in [0.25, 0.3) is 27.7 Å². The van der Waals surface area contributed by atoms with Crippen molar-refractivity contribution < 1.29 is 0 Å². The van der Waals surface area contributed by atoms with E-state index in [1.165, 1.54) is 5.39 Å². The summed E-state index contributed by atoms with van der Waals surface area (Å²) in [5, 5.41) is 1.20. The zero-order chi connectivity index (χ0) is 11.2. The van der Waals surface area contributed by atoms with E-state index in [1.54, 1.807) is 6.20 Å². The molecule has 80 valence electrons. The molecule has 0 N–H and O–H groups in total. The van der Waals surface area contributed by atoms with Gasteiger partial charge in [-0.2, -0.15) is 0 Å². The van der Waals surface area contributed by atoms with Crippen LogP contribution in [0.2, 0.25) is 0 Å². The molecule has 0 fully saturated rings. The molecule has 0 radical (unpaired) electrons. The number of hydrogen-bond donors (Lipinski definition) is 0. The van der Waals surface area contributed by atoms with Crippen LogP contribution >= 0.6 is 0 Å². The lowest BCUT2D eigenvalue weighted by Crippen LogP contribution is -1.88. The number of nitrogens with zero attached hydrogens (tertiary/aromatic N) is 3. The fourth-order valence-corrected chi connectivity index (χ4v) is 2.28. The maximum Gasteiger partial charge on any atom is 0.164 e. The molecule has 0 spiro atoms. The predicted molar refractivity (Wildman–Crippen MR) is 68.0 cm³/mol. The summed E-state index contributed by atoms with van der Waals surface area (Å²) in [6.45, 7) is 0. The summed E-state index contributed by atoms with van der Waals surface area (Å²) in [7, 11) is 0. The molecule has 1 aromatic carbocycles. The maximum absolute atomic E-state index is 4.57. The molecule has 3 heterocycles. The van der Waals surface area contributed by atoms with Gasteiger partial charge in [0.15, 0.2) is 5.65 Å². The highest BCUT2D eigenvalue weighted by molar-refractivity contribution is 5.88. The minimum atomic E-state index is 0.916. The second-order valence-corrected chi connectivity index (χ2v) is 4.04. The summed E-state index contributed by atoms with van der Waals surface area (Å²) < 4.78 is 2.10. The molecule has 0 unspecified atom stereocenters. The fraction of sp³-hybridized carbons (Fsp3) is 0. The Balaban J connectivity index is 2.38. The average molecular weight is 219 g/mol. The molecule has 0 aliphatic carbocycles. The molecule has 3 aromatic heterocycles. The standard InChI is InChI=1S/C14H9N3/c1-2-6-12-10(4-1)7-8-13-16-11-5-3-9-15-14(11)17(12)13/h1-9H. The molecule has 0 saturated heterocycles. The average Bonchev–Trinajstić information content (AvgIpc) is 2.77. The first kappa shape index (κ1) is 8.70. The van der Waals surface area contributed by atoms with E-state index in [1.807, 2.05) is 30.3 Å². The molecule has 4 aromatic rings. The van der Waals surface area contributed by atoms with Crippen LogP contribution in [0, 0.1) is 0 Å². The number of rotatable bonds is 0. The van der Waals surface area contributed by atoms with E-state index in [0.717, 1.165) is 22.3 Å². The van der Waals surface area contributed by atoms with Gasteiger partial charge in [0.25, 0.3) is 0 Å². The summed E-state index contributed by atoms with van der Waals surface area (Å²) in [5.74, 6) is 0. The summed E-state index contributed by atoms with van der Waals surface area (Å²) >= 11 is 0. The Hall–Kier alpha value is -2.42. The Labute approximate surface area is 97.4 Å².